The molecule has 9 nitrogen and oxygen atoms in total. The molecule has 0 bridgehead atoms. The second-order valence-electron chi connectivity index (χ2n) is 10.6. The molecule has 1 aliphatic heterocycles. The number of alkyl halides is 2. The van der Waals surface area contributed by atoms with E-state index in [9.17, 15) is 13.6 Å². The highest BCUT2D eigenvalue weighted by atomic mass is 19.3. The van der Waals surface area contributed by atoms with Crippen molar-refractivity contribution in [2.75, 3.05) is 20.1 Å². The molecule has 1 fully saturated rings. The number of imidazole rings is 1. The maximum absolute atomic E-state index is 15.9. The molecule has 0 saturated carbocycles. The number of rotatable bonds is 6. The van der Waals surface area contributed by atoms with Crippen LogP contribution in [0.4, 0.5) is 13.2 Å². The molecular formula is C30H26F3N7O2. The fourth-order valence-corrected chi connectivity index (χ4v) is 5.92. The third-order valence-electron chi connectivity index (χ3n) is 7.92. The number of fused-ring (bicyclic) bond motifs is 2. The first kappa shape index (κ1) is 26.2. The first-order chi connectivity index (χ1) is 20.4. The summed E-state index contributed by atoms with van der Waals surface area (Å²) in [5.41, 5.74) is 3.85. The van der Waals surface area contributed by atoms with Crippen molar-refractivity contribution in [2.45, 2.75) is 31.9 Å². The van der Waals surface area contributed by atoms with Crippen LogP contribution in [0, 0.1) is 5.82 Å². The van der Waals surface area contributed by atoms with E-state index in [1.54, 1.807) is 22.8 Å². The van der Waals surface area contributed by atoms with Crippen LogP contribution in [-0.2, 0) is 6.54 Å². The maximum Gasteiger partial charge on any atom is 0.329 e. The predicted octanol–water partition coefficient (Wildman–Crippen LogP) is 5.79. The highest BCUT2D eigenvalue weighted by molar-refractivity contribution is 5.97. The summed E-state index contributed by atoms with van der Waals surface area (Å²) in [6.45, 7) is 1.74. The average molecular weight is 574 g/mol. The van der Waals surface area contributed by atoms with E-state index in [1.165, 1.54) is 16.8 Å². The van der Waals surface area contributed by atoms with Crippen molar-refractivity contribution in [3.05, 3.63) is 88.8 Å². The zero-order valence-corrected chi connectivity index (χ0v) is 22.6. The molecule has 1 N–H and O–H groups in total. The molecule has 1 atom stereocenters. The second kappa shape index (κ2) is 10.3. The van der Waals surface area contributed by atoms with E-state index in [0.717, 1.165) is 35.9 Å². The molecule has 42 heavy (non-hydrogen) atoms. The van der Waals surface area contributed by atoms with Crippen LogP contribution in [-0.4, -0.2) is 54.3 Å². The van der Waals surface area contributed by atoms with E-state index >= 15 is 4.39 Å². The molecule has 1 aliphatic rings. The van der Waals surface area contributed by atoms with Crippen molar-refractivity contribution in [1.29, 1.82) is 0 Å². The Morgan fingerprint density at radius 1 is 1.10 bits per heavy atom. The molecule has 4 aromatic heterocycles. The molecule has 12 heteroatoms. The van der Waals surface area contributed by atoms with Gasteiger partial charge in [0.05, 0.1) is 34.9 Å². The monoisotopic (exact) mass is 573 g/mol. The van der Waals surface area contributed by atoms with Gasteiger partial charge in [-0.15, -0.1) is 10.2 Å². The molecule has 2 aromatic carbocycles. The van der Waals surface area contributed by atoms with Crippen LogP contribution in [0.1, 0.15) is 36.9 Å². The summed E-state index contributed by atoms with van der Waals surface area (Å²) in [6, 6.07) is 14.0. The molecule has 0 radical (unpaired) electrons. The van der Waals surface area contributed by atoms with Crippen molar-refractivity contribution in [2.24, 2.45) is 0 Å². The standard InChI is InChI=1S/C30H26F3N7O2/c1-38-11-3-4-19(16-38)40-26-12-22(20-5-2-6-24-21(20)9-10-34-24)23(31)13-25(26)39(30(40)41)15-18-8-7-17(14-35-18)28-36-37-29(42-28)27(32)33/h2,5-10,12-14,19,27,34H,3-4,11,15-16H2,1H3. The highest BCUT2D eigenvalue weighted by Crippen LogP contribution is 2.34. The quantitative estimate of drug-likeness (QED) is 0.271. The van der Waals surface area contributed by atoms with Crippen LogP contribution in [0.5, 0.6) is 0 Å². The molecule has 0 spiro atoms. The van der Waals surface area contributed by atoms with Crippen molar-refractivity contribution in [1.82, 2.24) is 34.2 Å². The van der Waals surface area contributed by atoms with Gasteiger partial charge in [-0.05, 0) is 62.3 Å². The number of nitrogens with zero attached hydrogens (tertiary/aromatic N) is 6. The second-order valence-corrected chi connectivity index (χ2v) is 10.6. The summed E-state index contributed by atoms with van der Waals surface area (Å²) in [5, 5.41) is 7.90. The predicted molar refractivity (Wildman–Crippen MR) is 151 cm³/mol. The van der Waals surface area contributed by atoms with Gasteiger partial charge in [0.1, 0.15) is 5.82 Å². The molecule has 1 saturated heterocycles. The zero-order valence-electron chi connectivity index (χ0n) is 22.6. The number of hydrogen-bond acceptors (Lipinski definition) is 6. The third-order valence-corrected chi connectivity index (χ3v) is 7.92. The van der Waals surface area contributed by atoms with Crippen molar-refractivity contribution < 1.29 is 17.6 Å². The fraction of sp³-hybridized carbons (Fsp3) is 0.267. The smallest absolute Gasteiger partial charge is 0.329 e. The minimum atomic E-state index is -2.87. The van der Waals surface area contributed by atoms with E-state index in [2.05, 4.69) is 25.1 Å². The molecule has 5 heterocycles. The van der Waals surface area contributed by atoms with Crippen LogP contribution < -0.4 is 5.69 Å². The van der Waals surface area contributed by atoms with Crippen LogP contribution in [0.15, 0.2) is 70.1 Å². The normalized spacial score (nSPS) is 16.3. The minimum Gasteiger partial charge on any atom is -0.415 e. The lowest BCUT2D eigenvalue weighted by atomic mass is 10.00. The van der Waals surface area contributed by atoms with Crippen molar-refractivity contribution >= 4 is 21.9 Å². The number of benzene rings is 2. The first-order valence-electron chi connectivity index (χ1n) is 13.6. The molecule has 0 amide bonds. The number of halogens is 3. The average Bonchev–Trinajstić information content (AvgIpc) is 3.72. The largest absolute Gasteiger partial charge is 0.415 e. The number of nitrogens with one attached hydrogen (secondary N) is 1. The van der Waals surface area contributed by atoms with Crippen molar-refractivity contribution in [3.63, 3.8) is 0 Å². The van der Waals surface area contributed by atoms with Gasteiger partial charge in [0.15, 0.2) is 0 Å². The summed E-state index contributed by atoms with van der Waals surface area (Å²) in [6.07, 6.45) is 2.16. The Hall–Kier alpha value is -4.71. The van der Waals surface area contributed by atoms with Gasteiger partial charge in [0, 0.05) is 41.5 Å². The van der Waals surface area contributed by atoms with Crippen LogP contribution in [0.2, 0.25) is 0 Å². The molecular weight excluding hydrogens is 547 g/mol. The van der Waals surface area contributed by atoms with Gasteiger partial charge in [-0.1, -0.05) is 12.1 Å². The lowest BCUT2D eigenvalue weighted by molar-refractivity contribution is 0.116. The van der Waals surface area contributed by atoms with Gasteiger partial charge in [0.25, 0.3) is 5.89 Å². The van der Waals surface area contributed by atoms with Crippen LogP contribution in [0.25, 0.3) is 44.5 Å². The number of piperidine rings is 1. The Morgan fingerprint density at radius 2 is 1.98 bits per heavy atom. The van der Waals surface area contributed by atoms with E-state index in [0.29, 0.717) is 34.4 Å². The Balaban J connectivity index is 1.33. The lowest BCUT2D eigenvalue weighted by Crippen LogP contribution is -2.38. The summed E-state index contributed by atoms with van der Waals surface area (Å²) in [4.78, 5) is 23.8. The van der Waals surface area contributed by atoms with E-state index < -0.39 is 18.1 Å². The summed E-state index contributed by atoms with van der Waals surface area (Å²) in [7, 11) is 2.03. The Bertz CT molecular complexity index is 1970. The molecule has 6 aromatic rings. The molecule has 7 rings (SSSR count). The number of H-pyrrole nitrogens is 1. The number of aromatic amines is 1. The van der Waals surface area contributed by atoms with E-state index in [4.69, 9.17) is 4.42 Å². The Morgan fingerprint density at radius 3 is 2.74 bits per heavy atom. The Kier molecular flexibility index (Phi) is 6.42. The number of hydrogen-bond donors (Lipinski definition) is 1. The highest BCUT2D eigenvalue weighted by Gasteiger charge is 2.26. The lowest BCUT2D eigenvalue weighted by Gasteiger charge is -2.30. The number of likely N-dealkylation sites (tertiary alicyclic amines) is 1. The fourth-order valence-electron chi connectivity index (χ4n) is 5.92. The third kappa shape index (κ3) is 4.48. The van der Waals surface area contributed by atoms with Gasteiger partial charge >= 0.3 is 12.1 Å². The van der Waals surface area contributed by atoms with Crippen molar-refractivity contribution in [3.8, 4) is 22.6 Å². The minimum absolute atomic E-state index is 0.0711. The number of pyridine rings is 1. The molecule has 1 unspecified atom stereocenters. The topological polar surface area (TPSA) is 97.8 Å². The first-order valence-corrected chi connectivity index (χ1v) is 13.6. The van der Waals surface area contributed by atoms with Crippen LogP contribution >= 0.6 is 0 Å². The van der Waals surface area contributed by atoms with Gasteiger partial charge < -0.3 is 14.3 Å². The number of likely N-dealkylation sites (N-methyl/N-ethyl adjacent to an activating group) is 1. The number of aromatic nitrogens is 6. The van der Waals surface area contributed by atoms with E-state index in [1.807, 2.05) is 37.5 Å². The summed E-state index contributed by atoms with van der Waals surface area (Å²) >= 11 is 0. The maximum atomic E-state index is 15.9. The van der Waals surface area contributed by atoms with Gasteiger partial charge in [-0.25, -0.2) is 9.18 Å². The van der Waals surface area contributed by atoms with Gasteiger partial charge in [-0.3, -0.25) is 14.1 Å². The Labute approximate surface area is 237 Å². The summed E-state index contributed by atoms with van der Waals surface area (Å²) in [5.74, 6) is -1.28. The van der Waals surface area contributed by atoms with Gasteiger partial charge in [0.2, 0.25) is 5.89 Å². The molecule has 214 valence electrons. The van der Waals surface area contributed by atoms with Crippen LogP contribution in [0.3, 0.4) is 0 Å². The SMILES string of the molecule is CN1CCCC(n2c(=O)n(Cc3ccc(-c4nnc(C(F)F)o4)cn3)c3cc(F)c(-c4cccc5[nH]ccc45)cc32)C1. The zero-order chi connectivity index (χ0) is 29.0. The van der Waals surface area contributed by atoms with E-state index in [-0.39, 0.29) is 24.2 Å². The van der Waals surface area contributed by atoms with Gasteiger partial charge in [-0.2, -0.15) is 8.78 Å². The molecule has 0 aliphatic carbocycles. The summed E-state index contributed by atoms with van der Waals surface area (Å²) < 4.78 is 49.9.